The van der Waals surface area contributed by atoms with E-state index in [1.54, 1.807) is 0 Å². The van der Waals surface area contributed by atoms with Gasteiger partial charge in [0.15, 0.2) is 0 Å². The molecular weight excluding hydrogens is 536 g/mol. The smallest absolute Gasteiger partial charge is 0.335 e. The van der Waals surface area contributed by atoms with Crippen molar-refractivity contribution in [3.05, 3.63) is 58.7 Å². The number of carboxylic acid groups (broad SMARTS) is 4. The number of ether oxygens (including phenoxy) is 6. The van der Waals surface area contributed by atoms with Crippen LogP contribution < -0.4 is 9.47 Å². The van der Waals surface area contributed by atoms with Gasteiger partial charge in [-0.3, -0.25) is 0 Å². The molecule has 0 radical (unpaired) electrons. The van der Waals surface area contributed by atoms with E-state index in [1.165, 1.54) is 24.3 Å². The summed E-state index contributed by atoms with van der Waals surface area (Å²) in [5.41, 5.74) is -0.758. The lowest BCUT2D eigenvalue weighted by atomic mass is 10.1. The summed E-state index contributed by atoms with van der Waals surface area (Å²) in [6, 6.07) is 7.03. The zero-order chi connectivity index (χ0) is 29.3. The lowest BCUT2D eigenvalue weighted by Gasteiger charge is -2.10. The highest BCUT2D eigenvalue weighted by Crippen LogP contribution is 2.19. The summed E-state index contributed by atoms with van der Waals surface area (Å²) in [4.78, 5) is 44.4. The van der Waals surface area contributed by atoms with E-state index >= 15 is 0 Å². The van der Waals surface area contributed by atoms with Crippen LogP contribution in [0.25, 0.3) is 0 Å². The van der Waals surface area contributed by atoms with Gasteiger partial charge in [-0.15, -0.1) is 0 Å². The Labute approximate surface area is 228 Å². The average Bonchev–Trinajstić information content (AvgIpc) is 2.92. The molecule has 2 rings (SSSR count). The van der Waals surface area contributed by atoms with Crippen LogP contribution in [0.1, 0.15) is 41.4 Å². The van der Waals surface area contributed by atoms with Crippen LogP contribution in [0.5, 0.6) is 11.5 Å². The molecule has 40 heavy (non-hydrogen) atoms. The Kier molecular flexibility index (Phi) is 13.9. The number of aromatic carboxylic acids is 4. The van der Waals surface area contributed by atoms with Crippen LogP contribution in [0.3, 0.4) is 0 Å². The van der Waals surface area contributed by atoms with Gasteiger partial charge in [0.25, 0.3) is 0 Å². The van der Waals surface area contributed by atoms with Crippen LogP contribution in [0.15, 0.2) is 36.4 Å². The third kappa shape index (κ3) is 12.1. The molecule has 0 fully saturated rings. The third-order valence-corrected chi connectivity index (χ3v) is 4.91. The van der Waals surface area contributed by atoms with E-state index in [1.807, 2.05) is 0 Å². The lowest BCUT2D eigenvalue weighted by molar-refractivity contribution is -0.00699. The van der Waals surface area contributed by atoms with Crippen molar-refractivity contribution >= 4 is 23.9 Å². The molecule has 0 bridgehead atoms. The zero-order valence-corrected chi connectivity index (χ0v) is 21.4. The summed E-state index contributed by atoms with van der Waals surface area (Å²) in [5.74, 6) is -4.81. The van der Waals surface area contributed by atoms with Crippen molar-refractivity contribution in [2.75, 3.05) is 66.1 Å². The van der Waals surface area contributed by atoms with Gasteiger partial charge in [-0.1, -0.05) is 0 Å². The Morgan fingerprint density at radius 2 is 0.625 bits per heavy atom. The fraction of sp³-hybridized carbons (Fsp3) is 0.385. The van der Waals surface area contributed by atoms with Crippen LogP contribution in [0.2, 0.25) is 0 Å². The minimum absolute atomic E-state index is 0.0916. The summed E-state index contributed by atoms with van der Waals surface area (Å²) >= 11 is 0. The van der Waals surface area contributed by atoms with Gasteiger partial charge in [0, 0.05) is 0 Å². The summed E-state index contributed by atoms with van der Waals surface area (Å²) in [6.07, 6.45) is 0. The first-order chi connectivity index (χ1) is 19.2. The van der Waals surface area contributed by atoms with Crippen molar-refractivity contribution in [1.29, 1.82) is 0 Å². The van der Waals surface area contributed by atoms with Crippen molar-refractivity contribution in [3.63, 3.8) is 0 Å². The lowest BCUT2D eigenvalue weighted by Crippen LogP contribution is -2.15. The fourth-order valence-electron chi connectivity index (χ4n) is 3.06. The molecule has 0 aliphatic heterocycles. The first-order valence-corrected chi connectivity index (χ1v) is 12.0. The summed E-state index contributed by atoms with van der Waals surface area (Å²) in [7, 11) is 0. The van der Waals surface area contributed by atoms with Crippen molar-refractivity contribution < 1.29 is 68.0 Å². The molecule has 218 valence electrons. The second-order valence-corrected chi connectivity index (χ2v) is 7.86. The Morgan fingerprint density at radius 1 is 0.400 bits per heavy atom. The van der Waals surface area contributed by atoms with Crippen LogP contribution in [-0.2, 0) is 18.9 Å². The van der Waals surface area contributed by atoms with Crippen molar-refractivity contribution in [3.8, 4) is 11.5 Å². The molecule has 0 spiro atoms. The van der Waals surface area contributed by atoms with E-state index in [0.717, 1.165) is 12.1 Å². The molecule has 2 aromatic rings. The Bertz CT molecular complexity index is 992. The minimum Gasteiger partial charge on any atom is -0.491 e. The Balaban J connectivity index is 1.45. The van der Waals surface area contributed by atoms with Gasteiger partial charge < -0.3 is 48.8 Å². The first kappa shape index (κ1) is 32.0. The van der Waals surface area contributed by atoms with Gasteiger partial charge in [0.2, 0.25) is 0 Å². The van der Waals surface area contributed by atoms with Crippen LogP contribution >= 0.6 is 0 Å². The maximum absolute atomic E-state index is 11.1. The number of hydrogen-bond acceptors (Lipinski definition) is 10. The van der Waals surface area contributed by atoms with E-state index < -0.39 is 23.9 Å². The van der Waals surface area contributed by atoms with Gasteiger partial charge >= 0.3 is 23.9 Å². The van der Waals surface area contributed by atoms with Gasteiger partial charge in [-0.2, -0.15) is 0 Å². The molecule has 14 heteroatoms. The maximum Gasteiger partial charge on any atom is 0.335 e. The number of benzene rings is 2. The first-order valence-electron chi connectivity index (χ1n) is 12.0. The molecule has 0 atom stereocenters. The third-order valence-electron chi connectivity index (χ3n) is 4.91. The Hall–Kier alpha value is -4.24. The van der Waals surface area contributed by atoms with E-state index in [-0.39, 0.29) is 73.4 Å². The summed E-state index contributed by atoms with van der Waals surface area (Å²) < 4.78 is 32.2. The molecule has 0 heterocycles. The number of carbonyl (C=O) groups is 4. The summed E-state index contributed by atoms with van der Waals surface area (Å²) in [5, 5.41) is 36.2. The number of rotatable bonds is 21. The van der Waals surface area contributed by atoms with E-state index in [2.05, 4.69) is 0 Å². The largest absolute Gasteiger partial charge is 0.491 e. The molecule has 0 aliphatic carbocycles. The number of hydrogen-bond donors (Lipinski definition) is 4. The molecule has 0 aromatic heterocycles. The molecule has 0 amide bonds. The predicted molar refractivity (Wildman–Crippen MR) is 135 cm³/mol. The van der Waals surface area contributed by atoms with Gasteiger partial charge in [0.1, 0.15) is 24.7 Å². The monoisotopic (exact) mass is 566 g/mol. The van der Waals surface area contributed by atoms with E-state index in [0.29, 0.717) is 26.4 Å². The fourth-order valence-corrected chi connectivity index (χ4v) is 3.06. The van der Waals surface area contributed by atoms with Crippen LogP contribution in [-0.4, -0.2) is 110 Å². The second-order valence-electron chi connectivity index (χ2n) is 7.86. The van der Waals surface area contributed by atoms with Crippen molar-refractivity contribution in [2.45, 2.75) is 0 Å². The standard InChI is InChI=1S/C26H30O14/c27-23(28)17-11-18(24(29)30)14-21(13-17)39-9-7-37-5-3-35-1-2-36-4-6-38-8-10-40-22-15-19(25(31)32)12-20(16-22)26(33)34/h11-16H,1-10H2,(H,27,28)(H,29,30)(H,31,32)(H,33,34). The van der Waals surface area contributed by atoms with Gasteiger partial charge in [-0.25, -0.2) is 19.2 Å². The van der Waals surface area contributed by atoms with Gasteiger partial charge in [0.05, 0.1) is 75.1 Å². The molecule has 0 unspecified atom stereocenters. The minimum atomic E-state index is -1.26. The molecule has 14 nitrogen and oxygen atoms in total. The van der Waals surface area contributed by atoms with Gasteiger partial charge in [-0.05, 0) is 36.4 Å². The highest BCUT2D eigenvalue weighted by Gasteiger charge is 2.13. The molecule has 0 saturated carbocycles. The number of carboxylic acids is 4. The van der Waals surface area contributed by atoms with Crippen molar-refractivity contribution in [1.82, 2.24) is 0 Å². The Morgan fingerprint density at radius 3 is 0.850 bits per heavy atom. The second kappa shape index (κ2) is 17.4. The van der Waals surface area contributed by atoms with Crippen LogP contribution in [0, 0.1) is 0 Å². The highest BCUT2D eigenvalue weighted by atomic mass is 16.6. The maximum atomic E-state index is 11.1. The highest BCUT2D eigenvalue weighted by molar-refractivity contribution is 5.95. The molecule has 2 aromatic carbocycles. The molecule has 0 aliphatic rings. The molecule has 0 saturated heterocycles. The predicted octanol–water partition coefficient (Wildman–Crippen LogP) is 2.00. The quantitative estimate of drug-likeness (QED) is 0.160. The normalized spacial score (nSPS) is 10.7. The van der Waals surface area contributed by atoms with Crippen molar-refractivity contribution in [2.24, 2.45) is 0 Å². The zero-order valence-electron chi connectivity index (χ0n) is 21.4. The molecular formula is C26H30O14. The average molecular weight is 567 g/mol. The van der Waals surface area contributed by atoms with E-state index in [4.69, 9.17) is 48.8 Å². The van der Waals surface area contributed by atoms with Crippen LogP contribution in [0.4, 0.5) is 0 Å². The summed E-state index contributed by atoms with van der Waals surface area (Å²) in [6.45, 7) is 2.39. The SMILES string of the molecule is O=C(O)c1cc(OCCOCCOCCOCCOCCOc2cc(C(=O)O)cc(C(=O)O)c2)cc(C(=O)O)c1. The topological polar surface area (TPSA) is 205 Å². The molecule has 4 N–H and O–H groups in total. The van der Waals surface area contributed by atoms with E-state index in [9.17, 15) is 19.2 Å².